The minimum Gasteiger partial charge on any atom is -1.00 e. The average Bonchev–Trinajstić information content (AvgIpc) is 3.61. The molecule has 0 radical (unpaired) electrons. The van der Waals surface area contributed by atoms with E-state index in [2.05, 4.69) is 20.9 Å². The first kappa shape index (κ1) is 58.0. The van der Waals surface area contributed by atoms with Crippen LogP contribution in [0.5, 0.6) is 0 Å². The van der Waals surface area contributed by atoms with Gasteiger partial charge >= 0.3 is 0 Å². The topological polar surface area (TPSA) is 176 Å². The van der Waals surface area contributed by atoms with E-state index in [9.17, 15) is 28.8 Å². The third kappa shape index (κ3) is 14.4. The molecule has 67 heavy (non-hydrogen) atoms. The van der Waals surface area contributed by atoms with E-state index in [-0.39, 0.29) is 92.4 Å². The van der Waals surface area contributed by atoms with Gasteiger partial charge in [0.15, 0.2) is 13.2 Å². The number of rotatable bonds is 16. The van der Waals surface area contributed by atoms with E-state index in [4.69, 9.17) is 9.68 Å². The van der Waals surface area contributed by atoms with Crippen molar-refractivity contribution in [1.82, 2.24) is 20.4 Å². The zero-order valence-corrected chi connectivity index (χ0v) is 43.8. The molecule has 0 aromatic heterocycles. The van der Waals surface area contributed by atoms with Crippen molar-refractivity contribution in [3.63, 3.8) is 0 Å². The molecule has 2 aliphatic rings. The molecule has 2 saturated heterocycles. The van der Waals surface area contributed by atoms with Gasteiger partial charge in [-0.1, -0.05) is 156 Å². The molecule has 0 spiro atoms. The summed E-state index contributed by atoms with van der Waals surface area (Å²) < 4.78 is 32.6. The molecule has 14 nitrogen and oxygen atoms in total. The molecule has 0 aliphatic carbocycles. The molecule has 2 atom stereocenters. The van der Waals surface area contributed by atoms with Crippen LogP contribution in [0.3, 0.4) is 0 Å². The molecular weight excluding hydrogens is 900 g/mol. The molecule has 4 rings (SSSR count). The molecule has 2 heterocycles. The van der Waals surface area contributed by atoms with Gasteiger partial charge in [0, 0.05) is 50.9 Å². The maximum atomic E-state index is 16.3. The largest absolute Gasteiger partial charge is 1.00 e. The zero-order valence-electron chi connectivity index (χ0n) is 41.8. The Hall–Kier alpha value is -5.18. The number of nitrogens with one attached hydrogen (secondary N) is 2. The van der Waals surface area contributed by atoms with Crippen molar-refractivity contribution in [1.29, 1.82) is 0 Å². The fourth-order valence-corrected chi connectivity index (χ4v) is 18.1. The number of nitrogens with zero attached hydrogens (tertiary/aromatic N) is 4. The second kappa shape index (κ2) is 23.2. The van der Waals surface area contributed by atoms with Gasteiger partial charge in [-0.05, 0) is 41.7 Å². The van der Waals surface area contributed by atoms with Crippen LogP contribution in [0, 0.1) is 11.8 Å². The summed E-state index contributed by atoms with van der Waals surface area (Å²) >= 11 is 0. The number of hydrogen-bond donors (Lipinski definition) is 2. The van der Waals surface area contributed by atoms with Crippen molar-refractivity contribution in [3.8, 4) is 0 Å². The van der Waals surface area contributed by atoms with Crippen LogP contribution in [0.25, 0.3) is 0 Å². The molecule has 2 aromatic rings. The highest BCUT2D eigenvalue weighted by Gasteiger charge is 2.57. The minimum absolute atomic E-state index is 0. The number of likely N-dealkylation sites (tertiary alicyclic amines) is 2. The molecule has 6 amide bonds. The van der Waals surface area contributed by atoms with Crippen molar-refractivity contribution in [2.75, 3.05) is 39.4 Å². The van der Waals surface area contributed by atoms with Crippen LogP contribution >= 0.6 is 0 Å². The Morgan fingerprint density at radius 3 is 1.12 bits per heavy atom. The van der Waals surface area contributed by atoms with Gasteiger partial charge in [-0.3, -0.25) is 38.6 Å². The minimum atomic E-state index is -3.31. The molecule has 0 bridgehead atoms. The number of amides is 6. The second-order valence-corrected chi connectivity index (χ2v) is 31.0. The van der Waals surface area contributed by atoms with Crippen molar-refractivity contribution >= 4 is 75.1 Å². The third-order valence-electron chi connectivity index (χ3n) is 11.9. The van der Waals surface area contributed by atoms with E-state index < -0.39 is 48.8 Å². The van der Waals surface area contributed by atoms with E-state index in [1.54, 1.807) is 38.1 Å². The molecular formula is C48H72F3N6O8Si2-. The first-order valence-electron chi connectivity index (χ1n) is 22.5. The summed E-state index contributed by atoms with van der Waals surface area (Å²) in [5.74, 6) is -2.26. The lowest BCUT2D eigenvalue weighted by atomic mass is 10.1. The average molecular weight is 972 g/mol. The lowest BCUT2D eigenvalue weighted by Crippen LogP contribution is -3.00. The Labute approximate surface area is 396 Å². The number of hydrogen-bond acceptors (Lipinski definition) is 10. The van der Waals surface area contributed by atoms with Crippen LogP contribution in [0.4, 0.5) is 8.22 Å². The summed E-state index contributed by atoms with van der Waals surface area (Å²) in [4.78, 5) is 83.2. The van der Waals surface area contributed by atoms with Crippen LogP contribution in [-0.4, -0.2) is 114 Å². The van der Waals surface area contributed by atoms with Crippen LogP contribution < -0.4 is 25.7 Å². The van der Waals surface area contributed by atoms with Gasteiger partial charge < -0.3 is 33.2 Å². The van der Waals surface area contributed by atoms with E-state index >= 15 is 8.22 Å². The van der Waals surface area contributed by atoms with Crippen LogP contribution in [0.2, 0.25) is 20.2 Å². The lowest BCUT2D eigenvalue weighted by molar-refractivity contribution is -0.140. The highest BCUT2D eigenvalue weighted by molar-refractivity contribution is 6.91. The monoisotopic (exact) mass is 971 g/mol. The number of carbonyl (C=O) groups excluding carboxylic acids is 6. The molecule has 2 unspecified atom stereocenters. The summed E-state index contributed by atoms with van der Waals surface area (Å²) in [6.45, 7) is 27.0. The zero-order chi connectivity index (χ0) is 50.1. The van der Waals surface area contributed by atoms with Crippen molar-refractivity contribution in [2.24, 2.45) is 22.1 Å². The summed E-state index contributed by atoms with van der Waals surface area (Å²) in [5.41, 5.74) is 1.47. The first-order valence-corrected chi connectivity index (χ1v) is 26.2. The van der Waals surface area contributed by atoms with E-state index in [0.29, 0.717) is 0 Å². The highest BCUT2D eigenvalue weighted by atomic mass is 28.4. The predicted molar refractivity (Wildman–Crippen MR) is 259 cm³/mol. The summed E-state index contributed by atoms with van der Waals surface area (Å²) in [6.07, 6.45) is 3.37. The first-order chi connectivity index (χ1) is 30.4. The van der Waals surface area contributed by atoms with E-state index in [1.165, 1.54) is 22.2 Å². The smallest absolute Gasteiger partial charge is 0.288 e. The Balaban J connectivity index is 0.000000453. The standard InChI is InChI=1S/2C24H36FN3O4Si.FH/c2*1-17-14-21(30)28(22(17)31)13-12-26-20(29)16-32-27-15-18-8-10-19(11-9-18)33(25,23(2,3)4)24(5,6)7;/h2*8-11,15,17H,12-14,16H2,1-7H3,(H,26,29);1H/p-1/b2*27-15+;/i25-1;;1-1. The van der Waals surface area contributed by atoms with Gasteiger partial charge in [0.05, 0.1) is 12.4 Å². The van der Waals surface area contributed by atoms with Gasteiger partial charge in [-0.25, -0.2) is 0 Å². The molecule has 2 fully saturated rings. The molecule has 2 aliphatic heterocycles. The van der Waals surface area contributed by atoms with Crippen LogP contribution in [-0.2, 0) is 38.4 Å². The predicted octanol–water partition coefficient (Wildman–Crippen LogP) is 3.55. The normalized spacial score (nSPS) is 17.4. The molecule has 19 heteroatoms. The van der Waals surface area contributed by atoms with Gasteiger partial charge in [0.2, 0.25) is 23.6 Å². The van der Waals surface area contributed by atoms with Crippen LogP contribution in [0.1, 0.15) is 121 Å². The Morgan fingerprint density at radius 1 is 0.597 bits per heavy atom. The van der Waals surface area contributed by atoms with Crippen molar-refractivity contribution in [3.05, 3.63) is 59.7 Å². The molecule has 2 N–H and O–H groups in total. The fraction of sp³-hybridized carbons (Fsp3) is 0.583. The summed E-state index contributed by atoms with van der Waals surface area (Å²) in [7, 11) is -6.63. The number of carbonyl (C=O) groups is 6. The second-order valence-electron chi connectivity index (χ2n) is 21.3. The van der Waals surface area contributed by atoms with Gasteiger partial charge in [0.1, 0.15) is 0 Å². The Kier molecular flexibility index (Phi) is 20.1. The quantitative estimate of drug-likeness (QED) is 0.0845. The number of oxime groups is 2. The van der Waals surface area contributed by atoms with Gasteiger partial charge in [0.25, 0.3) is 28.6 Å². The molecule has 0 saturated carbocycles. The van der Waals surface area contributed by atoms with E-state index in [1.807, 2.05) is 107 Å². The SMILES string of the molecule is CC1CC(=O)N(CCNC(=O)CO/N=C/c2ccc([Si](F)(C(C)(C)C)C(C)(C)C)cc2)C1=O.CC1CC(=O)N(CCNC(=O)CO/N=C/c2ccc([Si]([18F])(C(C)(C)C)C(C)(C)C)cc2)C1=O.[18F-]. The van der Waals surface area contributed by atoms with Crippen molar-refractivity contribution < 1.29 is 51.4 Å². The van der Waals surface area contributed by atoms with Crippen molar-refractivity contribution in [2.45, 2.75) is 130 Å². The van der Waals surface area contributed by atoms with E-state index in [0.717, 1.165) is 21.5 Å². The highest BCUT2D eigenvalue weighted by Crippen LogP contribution is 2.52. The summed E-state index contributed by atoms with van der Waals surface area (Å²) in [5, 5.41) is 12.5. The molecule has 2 aromatic carbocycles. The number of benzene rings is 2. The summed E-state index contributed by atoms with van der Waals surface area (Å²) in [6, 6.07) is 14.5. The number of halogens is 3. The Morgan fingerprint density at radius 2 is 0.881 bits per heavy atom. The maximum absolute atomic E-state index is 16.3. The molecule has 372 valence electrons. The fourth-order valence-electron chi connectivity index (χ4n) is 8.85. The van der Waals surface area contributed by atoms with Crippen LogP contribution in [0.15, 0.2) is 58.8 Å². The number of imide groups is 2. The maximum Gasteiger partial charge on any atom is 0.288 e. The lowest BCUT2D eigenvalue weighted by Gasteiger charge is -2.44. The van der Waals surface area contributed by atoms with Gasteiger partial charge in [-0.15, -0.1) is 0 Å². The van der Waals surface area contributed by atoms with Gasteiger partial charge in [-0.2, -0.15) is 0 Å². The third-order valence-corrected chi connectivity index (χ3v) is 22.5. The Bertz CT molecular complexity index is 1930.